The van der Waals surface area contributed by atoms with E-state index in [2.05, 4.69) is 47.2 Å². The van der Waals surface area contributed by atoms with E-state index in [4.69, 9.17) is 5.73 Å². The van der Waals surface area contributed by atoms with Gasteiger partial charge in [-0.3, -0.25) is 4.79 Å². The number of halogens is 2. The zero-order chi connectivity index (χ0) is 14.3. The number of nitrogens with one attached hydrogen (secondary N) is 1. The fourth-order valence-corrected chi connectivity index (χ4v) is 2.99. The second-order valence-electron chi connectivity index (χ2n) is 4.50. The van der Waals surface area contributed by atoms with E-state index < -0.39 is 0 Å². The molecule has 0 bridgehead atoms. The quantitative estimate of drug-likeness (QED) is 0.562. The first-order valence-corrected chi connectivity index (χ1v) is 8.18. The van der Waals surface area contributed by atoms with Gasteiger partial charge in [-0.1, -0.05) is 15.9 Å². The van der Waals surface area contributed by atoms with Crippen molar-refractivity contribution in [3.8, 4) is 0 Å². The Hall–Kier alpha value is -0.230. The minimum Gasteiger partial charge on any atom is -0.355 e. The Kier molecular flexibility index (Phi) is 10.4. The molecule has 0 spiro atoms. The van der Waals surface area contributed by atoms with Crippen molar-refractivity contribution in [1.29, 1.82) is 0 Å². The van der Waals surface area contributed by atoms with Crippen LogP contribution in [0.4, 0.5) is 0 Å². The molecule has 6 heteroatoms. The number of amides is 1. The van der Waals surface area contributed by atoms with Crippen LogP contribution in [-0.2, 0) is 4.79 Å². The van der Waals surface area contributed by atoms with Gasteiger partial charge in [0.25, 0.3) is 0 Å². The lowest BCUT2D eigenvalue weighted by Crippen LogP contribution is -2.26. The third-order valence-electron chi connectivity index (χ3n) is 2.77. The summed E-state index contributed by atoms with van der Waals surface area (Å²) in [5.74, 6) is 0.548. The number of unbranched alkanes of at least 4 members (excludes halogenated alkanes) is 1. The van der Waals surface area contributed by atoms with Crippen molar-refractivity contribution in [1.82, 2.24) is 5.32 Å². The molecule has 1 aromatic carbocycles. The van der Waals surface area contributed by atoms with E-state index in [9.17, 15) is 4.79 Å². The standard InChI is InChI=1S/C14H21BrN2OS.ClH/c1-10-8-13(11(2)7-12(10)15)19-9-14(18)17-6-4-3-5-16;/h7-8H,3-6,9,16H2,1-2H3,(H,17,18);1H. The molecule has 3 nitrogen and oxygen atoms in total. The van der Waals surface area contributed by atoms with Crippen LogP contribution in [0.3, 0.4) is 0 Å². The first-order chi connectivity index (χ1) is 9.04. The van der Waals surface area contributed by atoms with E-state index in [0.717, 1.165) is 28.8 Å². The molecule has 1 rings (SSSR count). The summed E-state index contributed by atoms with van der Waals surface area (Å²) in [6.07, 6.45) is 1.90. The molecule has 0 aliphatic carbocycles. The largest absolute Gasteiger partial charge is 0.355 e. The van der Waals surface area contributed by atoms with Gasteiger partial charge in [-0.25, -0.2) is 0 Å². The third-order valence-corrected chi connectivity index (χ3v) is 4.78. The molecule has 0 saturated carbocycles. The van der Waals surface area contributed by atoms with E-state index in [0.29, 0.717) is 12.3 Å². The van der Waals surface area contributed by atoms with Gasteiger partial charge in [-0.15, -0.1) is 24.2 Å². The molecule has 0 aliphatic heterocycles. The molecule has 20 heavy (non-hydrogen) atoms. The number of thioether (sulfide) groups is 1. The van der Waals surface area contributed by atoms with Crippen molar-refractivity contribution < 1.29 is 4.79 Å². The Morgan fingerprint density at radius 3 is 2.65 bits per heavy atom. The van der Waals surface area contributed by atoms with Crippen molar-refractivity contribution in [3.05, 3.63) is 27.7 Å². The van der Waals surface area contributed by atoms with Crippen molar-refractivity contribution in [2.24, 2.45) is 5.73 Å². The summed E-state index contributed by atoms with van der Waals surface area (Å²) < 4.78 is 1.11. The Morgan fingerprint density at radius 1 is 1.30 bits per heavy atom. The average molecular weight is 382 g/mol. The monoisotopic (exact) mass is 380 g/mol. The Labute approximate surface area is 140 Å². The maximum Gasteiger partial charge on any atom is 0.230 e. The van der Waals surface area contributed by atoms with Gasteiger partial charge in [0.05, 0.1) is 5.75 Å². The summed E-state index contributed by atoms with van der Waals surface area (Å²) in [5.41, 5.74) is 7.79. The summed E-state index contributed by atoms with van der Waals surface area (Å²) in [4.78, 5) is 12.8. The number of nitrogens with two attached hydrogens (primary N) is 1. The van der Waals surface area contributed by atoms with Crippen molar-refractivity contribution in [3.63, 3.8) is 0 Å². The predicted octanol–water partition coefficient (Wildman–Crippen LogP) is 3.43. The minimum absolute atomic E-state index is 0. The van der Waals surface area contributed by atoms with E-state index in [1.807, 2.05) is 0 Å². The van der Waals surface area contributed by atoms with E-state index >= 15 is 0 Å². The molecule has 0 heterocycles. The van der Waals surface area contributed by atoms with Crippen LogP contribution in [-0.4, -0.2) is 24.7 Å². The van der Waals surface area contributed by atoms with Crippen molar-refractivity contribution in [2.45, 2.75) is 31.6 Å². The molecular weight excluding hydrogens is 360 g/mol. The van der Waals surface area contributed by atoms with Crippen LogP contribution in [0.2, 0.25) is 0 Å². The highest BCUT2D eigenvalue weighted by Gasteiger charge is 2.06. The number of aryl methyl sites for hydroxylation is 2. The van der Waals surface area contributed by atoms with Crippen molar-refractivity contribution >= 4 is 46.0 Å². The summed E-state index contributed by atoms with van der Waals surface area (Å²) in [6.45, 7) is 5.52. The molecule has 114 valence electrons. The molecule has 0 saturated heterocycles. The molecule has 0 unspecified atom stereocenters. The Bertz CT molecular complexity index is 443. The highest BCUT2D eigenvalue weighted by atomic mass is 79.9. The first kappa shape index (κ1) is 19.8. The number of carbonyl (C=O) groups excluding carboxylic acids is 1. The normalized spacial score (nSPS) is 10.0. The summed E-state index contributed by atoms with van der Waals surface area (Å²) in [5, 5.41) is 2.91. The number of rotatable bonds is 7. The topological polar surface area (TPSA) is 55.1 Å². The Balaban J connectivity index is 0.00000361. The number of benzene rings is 1. The van der Waals surface area contributed by atoms with Crippen LogP contribution in [0.1, 0.15) is 24.0 Å². The second kappa shape index (κ2) is 10.5. The molecular formula is C14H22BrClN2OS. The van der Waals surface area contributed by atoms with Crippen LogP contribution in [0, 0.1) is 13.8 Å². The predicted molar refractivity (Wildman–Crippen MR) is 92.9 cm³/mol. The van der Waals surface area contributed by atoms with Crippen LogP contribution in [0.5, 0.6) is 0 Å². The van der Waals surface area contributed by atoms with E-state index in [1.54, 1.807) is 11.8 Å². The van der Waals surface area contributed by atoms with Crippen LogP contribution in [0.25, 0.3) is 0 Å². The number of hydrogen-bond donors (Lipinski definition) is 2. The Morgan fingerprint density at radius 2 is 2.00 bits per heavy atom. The van der Waals surface area contributed by atoms with Gasteiger partial charge < -0.3 is 11.1 Å². The summed E-state index contributed by atoms with van der Waals surface area (Å²) in [6, 6.07) is 4.21. The van der Waals surface area contributed by atoms with Gasteiger partial charge >= 0.3 is 0 Å². The number of carbonyl (C=O) groups is 1. The zero-order valence-corrected chi connectivity index (χ0v) is 15.1. The van der Waals surface area contributed by atoms with Crippen LogP contribution >= 0.6 is 40.1 Å². The lowest BCUT2D eigenvalue weighted by atomic mass is 10.2. The lowest BCUT2D eigenvalue weighted by molar-refractivity contribution is -0.118. The van der Waals surface area contributed by atoms with Crippen LogP contribution < -0.4 is 11.1 Å². The maximum absolute atomic E-state index is 11.7. The highest BCUT2D eigenvalue weighted by Crippen LogP contribution is 2.28. The molecule has 0 aromatic heterocycles. The molecule has 0 aliphatic rings. The molecule has 1 amide bonds. The molecule has 3 N–H and O–H groups in total. The van der Waals surface area contributed by atoms with E-state index in [1.165, 1.54) is 11.1 Å². The number of hydrogen-bond acceptors (Lipinski definition) is 3. The third kappa shape index (κ3) is 6.97. The second-order valence-corrected chi connectivity index (χ2v) is 6.37. The van der Waals surface area contributed by atoms with Crippen molar-refractivity contribution in [2.75, 3.05) is 18.8 Å². The average Bonchev–Trinajstić information content (AvgIpc) is 2.37. The summed E-state index contributed by atoms with van der Waals surface area (Å²) in [7, 11) is 0. The first-order valence-electron chi connectivity index (χ1n) is 6.41. The van der Waals surface area contributed by atoms with Gasteiger partial charge in [0, 0.05) is 15.9 Å². The smallest absolute Gasteiger partial charge is 0.230 e. The molecule has 1 aromatic rings. The highest BCUT2D eigenvalue weighted by molar-refractivity contribution is 9.10. The fraction of sp³-hybridized carbons (Fsp3) is 0.500. The van der Waals surface area contributed by atoms with Gasteiger partial charge in [0.15, 0.2) is 0 Å². The van der Waals surface area contributed by atoms with Gasteiger partial charge in [-0.05, 0) is 56.5 Å². The van der Waals surface area contributed by atoms with Gasteiger partial charge in [0.2, 0.25) is 5.91 Å². The molecule has 0 atom stereocenters. The molecule has 0 radical (unpaired) electrons. The SMILES string of the molecule is Cc1cc(SCC(=O)NCCCCN)c(C)cc1Br.Cl. The molecule has 0 fully saturated rings. The zero-order valence-electron chi connectivity index (χ0n) is 11.9. The lowest BCUT2D eigenvalue weighted by Gasteiger charge is -2.09. The van der Waals surface area contributed by atoms with Crippen LogP contribution in [0.15, 0.2) is 21.5 Å². The van der Waals surface area contributed by atoms with Gasteiger partial charge in [-0.2, -0.15) is 0 Å². The minimum atomic E-state index is 0. The van der Waals surface area contributed by atoms with Gasteiger partial charge in [0.1, 0.15) is 0 Å². The maximum atomic E-state index is 11.7. The summed E-state index contributed by atoms with van der Waals surface area (Å²) >= 11 is 5.09. The van der Waals surface area contributed by atoms with E-state index in [-0.39, 0.29) is 18.3 Å². The fourth-order valence-electron chi connectivity index (χ4n) is 1.60.